The Hall–Kier alpha value is -2.29. The second kappa shape index (κ2) is 11.1. The summed E-state index contributed by atoms with van der Waals surface area (Å²) in [6, 6.07) is 17.1. The van der Waals surface area contributed by atoms with Crippen LogP contribution in [-0.4, -0.2) is 53.6 Å². The van der Waals surface area contributed by atoms with E-state index >= 15 is 0 Å². The Bertz CT molecular complexity index is 1720. The molecule has 2 heterocycles. The van der Waals surface area contributed by atoms with Crippen LogP contribution in [0, 0.1) is 6.92 Å². The van der Waals surface area contributed by atoms with E-state index in [1.54, 1.807) is 18.9 Å². The molecule has 0 spiro atoms. The van der Waals surface area contributed by atoms with Gasteiger partial charge >= 0.3 is 239 Å². The minimum atomic E-state index is -4.01. The number of thioether (sulfide) groups is 1. The van der Waals surface area contributed by atoms with E-state index in [9.17, 15) is 13.0 Å². The van der Waals surface area contributed by atoms with Gasteiger partial charge in [-0.05, 0) is 0 Å². The average Bonchev–Trinajstić information content (AvgIpc) is 3.38. The van der Waals surface area contributed by atoms with Crippen LogP contribution in [0.25, 0.3) is 21.0 Å². The van der Waals surface area contributed by atoms with Crippen LogP contribution in [0.15, 0.2) is 63.8 Å². The molecule has 198 valence electrons. The molecule has 3 aromatic carbocycles. The van der Waals surface area contributed by atoms with Crippen molar-refractivity contribution in [1.29, 1.82) is 0 Å². The molecule has 0 amide bonds. The third-order valence-corrected chi connectivity index (χ3v) is 11.6. The zero-order chi connectivity index (χ0) is 27.0. The van der Waals surface area contributed by atoms with E-state index in [-0.39, 0.29) is 20.7 Å². The first kappa shape index (κ1) is 27.3. The van der Waals surface area contributed by atoms with Gasteiger partial charge in [0, 0.05) is 0 Å². The van der Waals surface area contributed by atoms with E-state index in [2.05, 4.69) is 77.0 Å². The third kappa shape index (κ3) is 5.54. The SMILES string of the molecule is COc1cc2c(cc1C)N(CCCS(=O)(=O)O)C(=C=C(Cc1sc3ccc4ccccc4c3[n+]1C)SC)[Se]2. The Morgan fingerprint density at radius 1 is 1.24 bits per heavy atom. The summed E-state index contributed by atoms with van der Waals surface area (Å²) in [6.07, 6.45) is 3.18. The van der Waals surface area contributed by atoms with E-state index in [4.69, 9.17) is 4.74 Å². The minimum absolute atomic E-state index is 0.00602. The zero-order valence-corrected chi connectivity index (χ0v) is 25.8. The molecule has 0 radical (unpaired) electrons. The van der Waals surface area contributed by atoms with E-state index in [1.165, 1.54) is 30.5 Å². The van der Waals surface area contributed by atoms with Crippen LogP contribution < -0.4 is 18.7 Å². The van der Waals surface area contributed by atoms with Gasteiger partial charge in [0.2, 0.25) is 0 Å². The number of aromatic nitrogens is 1. The molecule has 1 aromatic heterocycles. The van der Waals surface area contributed by atoms with Crippen LogP contribution in [0.3, 0.4) is 0 Å². The molecular weight excluding hydrogens is 603 g/mol. The number of fused-ring (bicyclic) bond motifs is 4. The van der Waals surface area contributed by atoms with Gasteiger partial charge in [-0.3, -0.25) is 0 Å². The number of thiazole rings is 1. The number of benzene rings is 3. The van der Waals surface area contributed by atoms with Crippen LogP contribution in [0.1, 0.15) is 17.0 Å². The predicted molar refractivity (Wildman–Crippen MR) is 160 cm³/mol. The third-order valence-electron chi connectivity index (χ3n) is 6.61. The summed E-state index contributed by atoms with van der Waals surface area (Å²) in [7, 11) is -0.199. The van der Waals surface area contributed by atoms with Crippen LogP contribution in [0.5, 0.6) is 5.75 Å². The number of methoxy groups -OCH3 is 1. The van der Waals surface area contributed by atoms with E-state index in [0.717, 1.165) is 32.9 Å². The van der Waals surface area contributed by atoms with Gasteiger partial charge in [-0.15, -0.1) is 0 Å². The van der Waals surface area contributed by atoms with Crippen molar-refractivity contribution in [2.24, 2.45) is 7.05 Å². The molecule has 0 bridgehead atoms. The molecule has 1 aliphatic heterocycles. The maximum absolute atomic E-state index is 11.4. The van der Waals surface area contributed by atoms with Gasteiger partial charge in [0.1, 0.15) is 0 Å². The Balaban J connectivity index is 1.55. The second-order valence-corrected chi connectivity index (χ2v) is 14.9. The number of hydrogen-bond donors (Lipinski definition) is 1. The molecule has 0 atom stereocenters. The normalized spacial score (nSPS) is 13.3. The summed E-state index contributed by atoms with van der Waals surface area (Å²) in [5.41, 5.74) is 7.07. The summed E-state index contributed by atoms with van der Waals surface area (Å²) in [4.78, 5) is 3.30. The molecular formula is C28H29N2O4S3Se+. The summed E-state index contributed by atoms with van der Waals surface area (Å²) in [6.45, 7) is 2.51. The Morgan fingerprint density at radius 2 is 2.03 bits per heavy atom. The van der Waals surface area contributed by atoms with Crippen molar-refractivity contribution >= 4 is 79.3 Å². The number of ether oxygens (including phenoxy) is 1. The Morgan fingerprint density at radius 3 is 2.76 bits per heavy atom. The quantitative estimate of drug-likeness (QED) is 0.133. The monoisotopic (exact) mass is 633 g/mol. The van der Waals surface area contributed by atoms with Crippen molar-refractivity contribution in [3.8, 4) is 5.75 Å². The number of aryl methyl sites for hydroxylation is 2. The van der Waals surface area contributed by atoms with Crippen molar-refractivity contribution in [3.63, 3.8) is 0 Å². The van der Waals surface area contributed by atoms with Crippen molar-refractivity contribution in [3.05, 3.63) is 74.3 Å². The predicted octanol–water partition coefficient (Wildman–Crippen LogP) is 4.55. The first-order valence-electron chi connectivity index (χ1n) is 12.1. The fourth-order valence-electron chi connectivity index (χ4n) is 4.72. The van der Waals surface area contributed by atoms with Crippen molar-refractivity contribution in [2.75, 3.05) is 30.6 Å². The standard InChI is InChI=1S/C28H28N2O4S3Se/c1-18-14-22-25(17-23(18)34-3)38-27(30(22)12-7-13-37(31,32)33)16-20(35-4)15-26-29(2)28-21-9-6-5-8-19(21)10-11-24(28)36-26/h5-6,8-11,14,17H,7,12-13,15H2,1-4H3/p+1. The topological polar surface area (TPSA) is 70.7 Å². The van der Waals surface area contributed by atoms with Crippen molar-refractivity contribution < 1.29 is 22.3 Å². The molecule has 4 aromatic rings. The summed E-state index contributed by atoms with van der Waals surface area (Å²) in [5.74, 6) is 0.585. The Kier molecular flexibility index (Phi) is 7.94. The maximum atomic E-state index is 11.4. The van der Waals surface area contributed by atoms with Crippen LogP contribution in [0.4, 0.5) is 5.69 Å². The molecule has 10 heteroatoms. The number of hydrogen-bond acceptors (Lipinski definition) is 6. The molecule has 1 aliphatic rings. The molecule has 6 nitrogen and oxygen atoms in total. The molecule has 1 N–H and O–H groups in total. The van der Waals surface area contributed by atoms with Gasteiger partial charge in [-0.25, -0.2) is 0 Å². The number of anilines is 1. The first-order valence-corrected chi connectivity index (χ1v) is 17.5. The number of allylic oxidation sites excluding steroid dienone is 1. The number of rotatable bonds is 8. The van der Waals surface area contributed by atoms with Crippen molar-refractivity contribution in [1.82, 2.24) is 0 Å². The number of nitrogens with zero attached hydrogens (tertiary/aromatic N) is 2. The van der Waals surface area contributed by atoms with Gasteiger partial charge in [0.25, 0.3) is 0 Å². The summed E-state index contributed by atoms with van der Waals surface area (Å²) < 4.78 is 43.4. The molecule has 5 rings (SSSR count). The summed E-state index contributed by atoms with van der Waals surface area (Å²) >= 11 is 3.50. The van der Waals surface area contributed by atoms with E-state index in [0.29, 0.717) is 13.0 Å². The molecule has 0 aliphatic carbocycles. The molecule has 0 unspecified atom stereocenters. The first-order chi connectivity index (χ1) is 18.2. The fourth-order valence-corrected chi connectivity index (χ4v) is 9.46. The van der Waals surface area contributed by atoms with Gasteiger partial charge in [0.05, 0.1) is 0 Å². The van der Waals surface area contributed by atoms with Crippen LogP contribution in [-0.2, 0) is 23.6 Å². The molecule has 0 saturated carbocycles. The van der Waals surface area contributed by atoms with E-state index < -0.39 is 10.1 Å². The van der Waals surface area contributed by atoms with Crippen LogP contribution >= 0.6 is 23.1 Å². The van der Waals surface area contributed by atoms with Crippen molar-refractivity contribution in [2.45, 2.75) is 19.8 Å². The summed E-state index contributed by atoms with van der Waals surface area (Å²) in [5, 5.41) is 3.75. The average molecular weight is 633 g/mol. The molecule has 0 fully saturated rings. The van der Waals surface area contributed by atoms with Gasteiger partial charge in [-0.1, -0.05) is 0 Å². The fraction of sp³-hybridized carbons (Fsp3) is 0.286. The van der Waals surface area contributed by atoms with Crippen LogP contribution in [0.2, 0.25) is 0 Å². The van der Waals surface area contributed by atoms with E-state index in [1.807, 2.05) is 18.3 Å². The molecule has 0 saturated heterocycles. The van der Waals surface area contributed by atoms with Gasteiger partial charge in [-0.2, -0.15) is 0 Å². The van der Waals surface area contributed by atoms with Gasteiger partial charge < -0.3 is 0 Å². The van der Waals surface area contributed by atoms with Gasteiger partial charge in [0.15, 0.2) is 0 Å². The Labute approximate surface area is 237 Å². The zero-order valence-electron chi connectivity index (χ0n) is 21.6. The molecule has 38 heavy (non-hydrogen) atoms. The second-order valence-electron chi connectivity index (χ2n) is 9.11.